The fraction of sp³-hybridized carbons (Fsp3) is 1.00. The fourth-order valence-electron chi connectivity index (χ4n) is 3.38. The van der Waals surface area contributed by atoms with Gasteiger partial charge in [-0.25, -0.2) is 0 Å². The summed E-state index contributed by atoms with van der Waals surface area (Å²) in [6.45, 7) is 7.19. The molecule has 2 nitrogen and oxygen atoms in total. The van der Waals surface area contributed by atoms with E-state index < -0.39 is 0 Å². The van der Waals surface area contributed by atoms with Crippen molar-refractivity contribution in [2.75, 3.05) is 6.54 Å². The zero-order valence-corrected chi connectivity index (χ0v) is 17.1. The van der Waals surface area contributed by atoms with Gasteiger partial charge in [-0.3, -0.25) is 0 Å². The quantitative estimate of drug-likeness (QED) is 0.259. The van der Waals surface area contributed by atoms with Crippen molar-refractivity contribution in [2.24, 2.45) is 0 Å². The summed E-state index contributed by atoms with van der Waals surface area (Å²) < 4.78 is 0. The Bertz CT molecular complexity index is 212. The zero-order valence-electron chi connectivity index (χ0n) is 17.1. The van der Waals surface area contributed by atoms with Crippen molar-refractivity contribution >= 4 is 0 Å². The molecular formula is C22H47NO. The Kier molecular flexibility index (Phi) is 19.2. The van der Waals surface area contributed by atoms with E-state index >= 15 is 0 Å². The third-order valence-electron chi connectivity index (χ3n) is 5.01. The minimum atomic E-state index is -0.226. The maximum absolute atomic E-state index is 9.52. The normalized spacial score (nSPS) is 12.9. The van der Waals surface area contributed by atoms with Crippen LogP contribution in [-0.4, -0.2) is 23.8 Å². The second-order valence-corrected chi connectivity index (χ2v) is 7.77. The van der Waals surface area contributed by atoms with E-state index in [0.29, 0.717) is 6.04 Å². The van der Waals surface area contributed by atoms with Crippen molar-refractivity contribution in [3.63, 3.8) is 0 Å². The minimum Gasteiger partial charge on any atom is -0.392 e. The van der Waals surface area contributed by atoms with E-state index in [-0.39, 0.29) is 6.10 Å². The highest BCUT2D eigenvalue weighted by atomic mass is 16.3. The Balaban J connectivity index is 3.68. The number of unbranched alkanes of at least 4 members (excludes halogenated alkanes) is 12. The summed E-state index contributed by atoms with van der Waals surface area (Å²) >= 11 is 0. The molecule has 24 heavy (non-hydrogen) atoms. The lowest BCUT2D eigenvalue weighted by atomic mass is 9.99. The van der Waals surface area contributed by atoms with Gasteiger partial charge in [0.05, 0.1) is 6.10 Å². The molecule has 1 unspecified atom stereocenters. The summed E-state index contributed by atoms with van der Waals surface area (Å²) in [7, 11) is 0. The number of hydrogen-bond acceptors (Lipinski definition) is 2. The third kappa shape index (κ3) is 18.3. The van der Waals surface area contributed by atoms with E-state index in [1.54, 1.807) is 0 Å². The monoisotopic (exact) mass is 341 g/mol. The molecule has 0 aromatic carbocycles. The summed E-state index contributed by atoms with van der Waals surface area (Å²) in [6.07, 6.45) is 21.7. The van der Waals surface area contributed by atoms with Gasteiger partial charge in [0.25, 0.3) is 0 Å². The molecule has 0 aliphatic rings. The van der Waals surface area contributed by atoms with E-state index in [0.717, 1.165) is 6.54 Å². The van der Waals surface area contributed by atoms with Gasteiger partial charge in [0.2, 0.25) is 0 Å². The van der Waals surface area contributed by atoms with Gasteiger partial charge in [0, 0.05) is 12.6 Å². The molecule has 0 aliphatic carbocycles. The molecule has 0 bridgehead atoms. The molecule has 0 saturated carbocycles. The highest BCUT2D eigenvalue weighted by Crippen LogP contribution is 2.15. The zero-order chi connectivity index (χ0) is 17.9. The first-order valence-electron chi connectivity index (χ1n) is 11.1. The van der Waals surface area contributed by atoms with Gasteiger partial charge in [-0.1, -0.05) is 104 Å². The Labute approximate surface area is 153 Å². The summed E-state index contributed by atoms with van der Waals surface area (Å²) in [5.41, 5.74) is 0. The van der Waals surface area contributed by atoms with E-state index in [2.05, 4.69) is 19.2 Å². The number of aliphatic hydroxyl groups is 1. The molecular weight excluding hydrogens is 294 g/mol. The summed E-state index contributed by atoms with van der Waals surface area (Å²) in [4.78, 5) is 0. The van der Waals surface area contributed by atoms with Crippen molar-refractivity contribution in [2.45, 2.75) is 136 Å². The molecule has 0 rings (SSSR count). The molecule has 2 heteroatoms. The average Bonchev–Trinajstić information content (AvgIpc) is 2.57. The standard InChI is InChI=1S/C22H47NO/c1-4-6-8-10-12-14-16-18-22(23-20-21(3)24)19-17-15-13-11-9-7-5-2/h21-24H,4-20H2,1-3H3. The van der Waals surface area contributed by atoms with Crippen molar-refractivity contribution in [1.82, 2.24) is 5.32 Å². The van der Waals surface area contributed by atoms with Gasteiger partial charge in [0.15, 0.2) is 0 Å². The van der Waals surface area contributed by atoms with Gasteiger partial charge in [-0.05, 0) is 19.8 Å². The predicted molar refractivity (Wildman–Crippen MR) is 109 cm³/mol. The molecule has 0 heterocycles. The summed E-state index contributed by atoms with van der Waals surface area (Å²) in [6, 6.07) is 0.617. The molecule has 0 fully saturated rings. The highest BCUT2D eigenvalue weighted by Gasteiger charge is 2.09. The van der Waals surface area contributed by atoms with Crippen LogP contribution >= 0.6 is 0 Å². The maximum atomic E-state index is 9.52. The topological polar surface area (TPSA) is 32.3 Å². The van der Waals surface area contributed by atoms with E-state index in [1.165, 1.54) is 103 Å². The van der Waals surface area contributed by atoms with Crippen LogP contribution in [0, 0.1) is 0 Å². The molecule has 2 N–H and O–H groups in total. The maximum Gasteiger partial charge on any atom is 0.0636 e. The van der Waals surface area contributed by atoms with Gasteiger partial charge < -0.3 is 10.4 Å². The molecule has 1 atom stereocenters. The lowest BCUT2D eigenvalue weighted by Crippen LogP contribution is -2.34. The molecule has 0 aromatic heterocycles. The van der Waals surface area contributed by atoms with E-state index in [9.17, 15) is 5.11 Å². The number of hydrogen-bond donors (Lipinski definition) is 2. The summed E-state index contributed by atoms with van der Waals surface area (Å²) in [5, 5.41) is 13.1. The molecule has 0 radical (unpaired) electrons. The highest BCUT2D eigenvalue weighted by molar-refractivity contribution is 4.69. The Morgan fingerprint density at radius 1 is 0.625 bits per heavy atom. The lowest BCUT2D eigenvalue weighted by molar-refractivity contribution is 0.183. The summed E-state index contributed by atoms with van der Waals surface area (Å²) in [5.74, 6) is 0. The Morgan fingerprint density at radius 2 is 1.00 bits per heavy atom. The molecule has 0 aliphatic heterocycles. The van der Waals surface area contributed by atoms with Crippen LogP contribution in [-0.2, 0) is 0 Å². The van der Waals surface area contributed by atoms with Gasteiger partial charge in [0.1, 0.15) is 0 Å². The largest absolute Gasteiger partial charge is 0.392 e. The van der Waals surface area contributed by atoms with Gasteiger partial charge >= 0.3 is 0 Å². The van der Waals surface area contributed by atoms with Crippen LogP contribution < -0.4 is 5.32 Å². The van der Waals surface area contributed by atoms with Crippen LogP contribution in [0.1, 0.15) is 124 Å². The smallest absolute Gasteiger partial charge is 0.0636 e. The van der Waals surface area contributed by atoms with E-state index in [4.69, 9.17) is 0 Å². The van der Waals surface area contributed by atoms with Gasteiger partial charge in [-0.2, -0.15) is 0 Å². The number of rotatable bonds is 19. The van der Waals surface area contributed by atoms with Gasteiger partial charge in [-0.15, -0.1) is 0 Å². The van der Waals surface area contributed by atoms with Crippen molar-refractivity contribution in [3.05, 3.63) is 0 Å². The average molecular weight is 342 g/mol. The van der Waals surface area contributed by atoms with Crippen LogP contribution in [0.15, 0.2) is 0 Å². The molecule has 0 aromatic rings. The van der Waals surface area contributed by atoms with Crippen molar-refractivity contribution in [3.8, 4) is 0 Å². The number of nitrogens with one attached hydrogen (secondary N) is 1. The molecule has 0 spiro atoms. The SMILES string of the molecule is CCCCCCCCCC(CCCCCCCCC)NCC(C)O. The Morgan fingerprint density at radius 3 is 1.38 bits per heavy atom. The molecule has 0 saturated heterocycles. The molecule has 0 amide bonds. The minimum absolute atomic E-state index is 0.226. The van der Waals surface area contributed by atoms with Crippen LogP contribution in [0.3, 0.4) is 0 Å². The third-order valence-corrected chi connectivity index (χ3v) is 5.01. The van der Waals surface area contributed by atoms with Crippen LogP contribution in [0.5, 0.6) is 0 Å². The fourth-order valence-corrected chi connectivity index (χ4v) is 3.38. The lowest BCUT2D eigenvalue weighted by Gasteiger charge is -2.20. The second-order valence-electron chi connectivity index (χ2n) is 7.77. The van der Waals surface area contributed by atoms with Crippen LogP contribution in [0.25, 0.3) is 0 Å². The van der Waals surface area contributed by atoms with Crippen molar-refractivity contribution in [1.29, 1.82) is 0 Å². The first-order valence-corrected chi connectivity index (χ1v) is 11.1. The van der Waals surface area contributed by atoms with E-state index in [1.807, 2.05) is 6.92 Å². The van der Waals surface area contributed by atoms with Crippen LogP contribution in [0.2, 0.25) is 0 Å². The number of aliphatic hydroxyl groups excluding tert-OH is 1. The van der Waals surface area contributed by atoms with Crippen LogP contribution in [0.4, 0.5) is 0 Å². The first-order chi connectivity index (χ1) is 11.7. The predicted octanol–water partition coefficient (Wildman–Crippen LogP) is 6.61. The van der Waals surface area contributed by atoms with Crippen molar-refractivity contribution < 1.29 is 5.11 Å². The first kappa shape index (κ1) is 23.9. The second kappa shape index (κ2) is 19.2. The molecule has 146 valence electrons. The Hall–Kier alpha value is -0.0800.